The second-order valence-electron chi connectivity index (χ2n) is 7.73. The Morgan fingerprint density at radius 1 is 0.853 bits per heavy atom. The topological polar surface area (TPSA) is 212 Å². The van der Waals surface area contributed by atoms with Crippen LogP contribution in [0.2, 0.25) is 0 Å². The molecule has 12 nitrogen and oxygen atoms in total. The van der Waals surface area contributed by atoms with Gasteiger partial charge in [-0.2, -0.15) is 0 Å². The van der Waals surface area contributed by atoms with Crippen molar-refractivity contribution in [3.63, 3.8) is 0 Å². The van der Waals surface area contributed by atoms with Gasteiger partial charge in [0, 0.05) is 13.0 Å². The maximum absolute atomic E-state index is 13.1. The lowest BCUT2D eigenvalue weighted by Crippen LogP contribution is -2.57. The molecule has 0 aliphatic carbocycles. The van der Waals surface area contributed by atoms with E-state index in [0.29, 0.717) is 25.9 Å². The van der Waals surface area contributed by atoms with Gasteiger partial charge in [-0.25, -0.2) is 4.79 Å². The van der Waals surface area contributed by atoms with Gasteiger partial charge in [-0.05, 0) is 38.3 Å². The fourth-order valence-electron chi connectivity index (χ4n) is 3.16. The molecule has 0 radical (unpaired) electrons. The van der Waals surface area contributed by atoms with Crippen molar-refractivity contribution < 1.29 is 24.0 Å². The first kappa shape index (κ1) is 28.4. The molecule has 0 aliphatic heterocycles. The number of hydrogen-bond acceptors (Lipinski definition) is 6. The molecular weight excluding hydrogens is 442 g/mol. The van der Waals surface area contributed by atoms with Crippen LogP contribution in [0.25, 0.3) is 0 Å². The van der Waals surface area contributed by atoms with Crippen molar-refractivity contribution in [1.82, 2.24) is 21.3 Å². The number of carbonyl (C=O) groups is 5. The van der Waals surface area contributed by atoms with Gasteiger partial charge >= 0.3 is 6.03 Å². The molecule has 0 aliphatic rings. The minimum atomic E-state index is -1.31. The summed E-state index contributed by atoms with van der Waals surface area (Å²) in [6.45, 7) is 2.50. The summed E-state index contributed by atoms with van der Waals surface area (Å²) in [6.07, 6.45) is 1.05. The van der Waals surface area contributed by atoms with Crippen LogP contribution in [0.5, 0.6) is 0 Å². The summed E-state index contributed by atoms with van der Waals surface area (Å²) >= 11 is 0. The summed E-state index contributed by atoms with van der Waals surface area (Å²) in [7, 11) is 0. The van der Waals surface area contributed by atoms with E-state index in [0.717, 1.165) is 5.56 Å². The van der Waals surface area contributed by atoms with Gasteiger partial charge in [0.2, 0.25) is 23.6 Å². The Morgan fingerprint density at radius 2 is 1.47 bits per heavy atom. The summed E-state index contributed by atoms with van der Waals surface area (Å²) in [6, 6.07) is 5.20. The SMILES string of the molecule is CCNC(=O)N[C@@H](Cc1ccccc1)C(=O)N[C@@H](CCCCN)C(=O)N[C@@H](CC(N)=O)C(N)=O. The molecule has 12 heteroatoms. The third-order valence-corrected chi connectivity index (χ3v) is 4.89. The van der Waals surface area contributed by atoms with E-state index >= 15 is 0 Å². The van der Waals surface area contributed by atoms with Gasteiger partial charge in [0.1, 0.15) is 18.1 Å². The molecule has 0 saturated heterocycles. The molecule has 1 aromatic rings. The summed E-state index contributed by atoms with van der Waals surface area (Å²) in [5.41, 5.74) is 16.7. The van der Waals surface area contributed by atoms with Crippen LogP contribution in [0.3, 0.4) is 0 Å². The van der Waals surface area contributed by atoms with Crippen molar-refractivity contribution in [1.29, 1.82) is 0 Å². The maximum atomic E-state index is 13.1. The first-order valence-electron chi connectivity index (χ1n) is 11.1. The van der Waals surface area contributed by atoms with E-state index in [1.807, 2.05) is 30.3 Å². The predicted octanol–water partition coefficient (Wildman–Crippen LogP) is -1.62. The van der Waals surface area contributed by atoms with Crippen molar-refractivity contribution in [2.24, 2.45) is 17.2 Å². The lowest BCUT2D eigenvalue weighted by Gasteiger charge is -2.25. The first-order chi connectivity index (χ1) is 16.2. The Balaban J connectivity index is 3.03. The van der Waals surface area contributed by atoms with Gasteiger partial charge < -0.3 is 38.5 Å². The zero-order valence-electron chi connectivity index (χ0n) is 19.3. The Hall–Kier alpha value is -3.67. The molecular formula is C22H35N7O5. The number of nitrogens with one attached hydrogen (secondary N) is 4. The average molecular weight is 478 g/mol. The van der Waals surface area contributed by atoms with Gasteiger partial charge in [-0.3, -0.25) is 19.2 Å². The molecule has 0 heterocycles. The molecule has 0 unspecified atom stereocenters. The second-order valence-corrected chi connectivity index (χ2v) is 7.73. The average Bonchev–Trinajstić information content (AvgIpc) is 2.78. The van der Waals surface area contributed by atoms with Gasteiger partial charge in [0.25, 0.3) is 0 Å². The number of primary amides is 2. The van der Waals surface area contributed by atoms with Crippen molar-refractivity contribution in [3.05, 3.63) is 35.9 Å². The highest BCUT2D eigenvalue weighted by molar-refractivity contribution is 5.95. The lowest BCUT2D eigenvalue weighted by molar-refractivity contribution is -0.133. The molecule has 3 atom stereocenters. The van der Waals surface area contributed by atoms with E-state index in [1.54, 1.807) is 6.92 Å². The summed E-state index contributed by atoms with van der Waals surface area (Å²) < 4.78 is 0. The fourth-order valence-corrected chi connectivity index (χ4v) is 3.16. The standard InChI is InChI=1S/C22H35N7O5/c1-2-26-22(34)29-17(12-14-8-4-3-5-9-14)21(33)27-15(10-6-7-11-23)20(32)28-16(19(25)31)13-18(24)30/h3-5,8-9,15-17H,2,6-7,10-13,23H2,1H3,(H2,24,30)(H2,25,31)(H,27,33)(H,28,32)(H2,26,29,34)/t15-,16-,17-/m0/s1. The van der Waals surface area contributed by atoms with Crippen LogP contribution in [0.4, 0.5) is 4.79 Å². The van der Waals surface area contributed by atoms with Crippen LogP contribution < -0.4 is 38.5 Å². The summed E-state index contributed by atoms with van der Waals surface area (Å²) in [4.78, 5) is 60.9. The normalized spacial score (nSPS) is 13.1. The van der Waals surface area contributed by atoms with Crippen LogP contribution >= 0.6 is 0 Å². The van der Waals surface area contributed by atoms with Crippen LogP contribution in [-0.4, -0.2) is 60.9 Å². The second kappa shape index (κ2) is 15.2. The molecule has 6 amide bonds. The predicted molar refractivity (Wildman–Crippen MR) is 126 cm³/mol. The third kappa shape index (κ3) is 10.8. The highest BCUT2D eigenvalue weighted by Crippen LogP contribution is 2.07. The van der Waals surface area contributed by atoms with Crippen molar-refractivity contribution >= 4 is 29.7 Å². The first-order valence-corrected chi connectivity index (χ1v) is 11.1. The van der Waals surface area contributed by atoms with E-state index in [-0.39, 0.29) is 12.8 Å². The zero-order valence-corrected chi connectivity index (χ0v) is 19.3. The van der Waals surface area contributed by atoms with Crippen LogP contribution in [-0.2, 0) is 25.6 Å². The van der Waals surface area contributed by atoms with Gasteiger partial charge in [-0.1, -0.05) is 30.3 Å². The minimum Gasteiger partial charge on any atom is -0.370 e. The molecule has 0 bridgehead atoms. The number of carbonyl (C=O) groups excluding carboxylic acids is 5. The Bertz CT molecular complexity index is 834. The number of hydrogen-bond donors (Lipinski definition) is 7. The Kier molecular flexibility index (Phi) is 12.7. The highest BCUT2D eigenvalue weighted by Gasteiger charge is 2.29. The summed E-state index contributed by atoms with van der Waals surface area (Å²) in [5, 5.41) is 10.2. The van der Waals surface area contributed by atoms with E-state index in [2.05, 4.69) is 21.3 Å². The zero-order chi connectivity index (χ0) is 25.5. The molecule has 10 N–H and O–H groups in total. The molecule has 0 saturated carbocycles. The number of rotatable bonds is 15. The number of benzene rings is 1. The van der Waals surface area contributed by atoms with Gasteiger partial charge in [0.15, 0.2) is 0 Å². The van der Waals surface area contributed by atoms with E-state index in [1.165, 1.54) is 0 Å². The monoisotopic (exact) mass is 477 g/mol. The van der Waals surface area contributed by atoms with Crippen LogP contribution in [0.1, 0.15) is 38.2 Å². The van der Waals surface area contributed by atoms with Crippen molar-refractivity contribution in [2.45, 2.75) is 57.2 Å². The minimum absolute atomic E-state index is 0.187. The number of amides is 6. The number of unbranched alkanes of at least 4 members (excludes halogenated alkanes) is 1. The van der Waals surface area contributed by atoms with E-state index < -0.39 is 54.2 Å². The van der Waals surface area contributed by atoms with Gasteiger partial charge in [0.05, 0.1) is 6.42 Å². The van der Waals surface area contributed by atoms with Crippen LogP contribution in [0.15, 0.2) is 30.3 Å². The maximum Gasteiger partial charge on any atom is 0.315 e. The molecule has 0 aromatic heterocycles. The largest absolute Gasteiger partial charge is 0.370 e. The van der Waals surface area contributed by atoms with E-state index in [9.17, 15) is 24.0 Å². The smallest absolute Gasteiger partial charge is 0.315 e. The lowest BCUT2D eigenvalue weighted by atomic mass is 10.0. The third-order valence-electron chi connectivity index (χ3n) is 4.89. The number of nitrogens with two attached hydrogens (primary N) is 3. The molecule has 1 aromatic carbocycles. The summed E-state index contributed by atoms with van der Waals surface area (Å²) in [5.74, 6) is -3.04. The van der Waals surface area contributed by atoms with Gasteiger partial charge in [-0.15, -0.1) is 0 Å². The number of urea groups is 1. The molecule has 1 rings (SSSR count). The molecule has 188 valence electrons. The fraction of sp³-hybridized carbons (Fsp3) is 0.500. The molecule has 0 fully saturated rings. The Labute approximate surface area is 198 Å². The quantitative estimate of drug-likeness (QED) is 0.147. The Morgan fingerprint density at radius 3 is 2.03 bits per heavy atom. The van der Waals surface area contributed by atoms with Crippen LogP contribution in [0, 0.1) is 0 Å². The van der Waals surface area contributed by atoms with Crippen molar-refractivity contribution in [2.75, 3.05) is 13.1 Å². The highest BCUT2D eigenvalue weighted by atomic mass is 16.2. The van der Waals surface area contributed by atoms with Crippen molar-refractivity contribution in [3.8, 4) is 0 Å². The molecule has 34 heavy (non-hydrogen) atoms. The molecule has 0 spiro atoms. The van der Waals surface area contributed by atoms with E-state index in [4.69, 9.17) is 17.2 Å².